The summed E-state index contributed by atoms with van der Waals surface area (Å²) in [4.78, 5) is 44.4. The molecule has 9 heteroatoms. The highest BCUT2D eigenvalue weighted by Gasteiger charge is 2.52. The van der Waals surface area contributed by atoms with Crippen molar-refractivity contribution in [1.29, 1.82) is 0 Å². The predicted molar refractivity (Wildman–Crippen MR) is 153 cm³/mol. The lowest BCUT2D eigenvalue weighted by atomic mass is 9.67. The summed E-state index contributed by atoms with van der Waals surface area (Å²) < 4.78 is 0. The van der Waals surface area contributed by atoms with Crippen LogP contribution in [0.3, 0.4) is 0 Å². The fourth-order valence-corrected chi connectivity index (χ4v) is 6.56. The maximum Gasteiger partial charge on any atom is 0.304 e. The van der Waals surface area contributed by atoms with Crippen molar-refractivity contribution < 1.29 is 19.5 Å². The van der Waals surface area contributed by atoms with E-state index in [-0.39, 0.29) is 36.2 Å². The highest BCUT2D eigenvalue weighted by atomic mass is 35.5. The first-order valence-corrected chi connectivity index (χ1v) is 14.3. The van der Waals surface area contributed by atoms with Crippen molar-refractivity contribution in [3.05, 3.63) is 69.7 Å². The van der Waals surface area contributed by atoms with Gasteiger partial charge in [-0.15, -0.1) is 0 Å². The molecule has 0 aromatic heterocycles. The summed E-state index contributed by atoms with van der Waals surface area (Å²) in [7, 11) is 0. The minimum atomic E-state index is -1.08. The zero-order valence-corrected chi connectivity index (χ0v) is 24.3. The average Bonchev–Trinajstić information content (AvgIpc) is 2.89. The number of hydrogen-bond donors (Lipinski definition) is 1. The van der Waals surface area contributed by atoms with Crippen molar-refractivity contribution in [3.8, 4) is 0 Å². The van der Waals surface area contributed by atoms with Gasteiger partial charge in [0, 0.05) is 61.7 Å². The molecule has 210 valence electrons. The third-order valence-corrected chi connectivity index (χ3v) is 8.77. The predicted octanol–water partition coefficient (Wildman–Crippen LogP) is 5.47. The fourth-order valence-electron chi connectivity index (χ4n) is 6.24. The molecule has 2 saturated heterocycles. The van der Waals surface area contributed by atoms with E-state index in [1.54, 1.807) is 13.8 Å². The number of amides is 2. The van der Waals surface area contributed by atoms with Crippen LogP contribution in [0, 0.1) is 5.41 Å². The Hall–Kier alpha value is -2.61. The first kappa shape index (κ1) is 29.4. The Morgan fingerprint density at radius 1 is 1.03 bits per heavy atom. The van der Waals surface area contributed by atoms with E-state index >= 15 is 0 Å². The first-order valence-electron chi connectivity index (χ1n) is 13.6. The van der Waals surface area contributed by atoms with E-state index in [4.69, 9.17) is 23.2 Å². The molecular formula is C30H37Cl2N3O4. The van der Waals surface area contributed by atoms with Crippen LogP contribution in [0.4, 0.5) is 0 Å². The Morgan fingerprint density at radius 3 is 2.26 bits per heavy atom. The van der Waals surface area contributed by atoms with E-state index in [2.05, 4.69) is 11.8 Å². The molecule has 2 heterocycles. The standard InChI is InChI=1S/C30H37Cl2N3O4/c1-4-25(19-33-12-14-34(15-13-33)20(2)36)35-28(21-8-10-23(31)11-9-21)26(22-6-5-7-24(32)16-22)17-30(3,29(35)39)18-27(37)38/h5-11,16,25-26,28H,4,12-15,17-19H2,1-3H3,(H,37,38)/t25-,26+,28+,30+/m0/s1. The number of nitrogens with zero attached hydrogens (tertiary/aromatic N) is 3. The number of aliphatic carboxylic acids is 1. The molecule has 1 N–H and O–H groups in total. The molecule has 2 aliphatic heterocycles. The number of halogens is 2. The van der Waals surface area contributed by atoms with E-state index in [1.165, 1.54) is 0 Å². The second-order valence-electron chi connectivity index (χ2n) is 11.1. The van der Waals surface area contributed by atoms with Gasteiger partial charge in [-0.3, -0.25) is 19.3 Å². The zero-order valence-electron chi connectivity index (χ0n) is 22.8. The van der Waals surface area contributed by atoms with Gasteiger partial charge in [0.25, 0.3) is 0 Å². The molecule has 2 aliphatic rings. The SMILES string of the molecule is CC[C@@H](CN1CCN(C(C)=O)CC1)N1C(=O)[C@@](C)(CC(=O)O)C[C@H](c2cccc(Cl)c2)[C@H]1c1ccc(Cl)cc1. The van der Waals surface area contributed by atoms with Gasteiger partial charge < -0.3 is 14.9 Å². The van der Waals surface area contributed by atoms with Gasteiger partial charge in [0.1, 0.15) is 0 Å². The van der Waals surface area contributed by atoms with Crippen molar-refractivity contribution in [1.82, 2.24) is 14.7 Å². The molecule has 0 saturated carbocycles. The molecule has 4 atom stereocenters. The van der Waals surface area contributed by atoms with Gasteiger partial charge in [0.05, 0.1) is 17.9 Å². The highest BCUT2D eigenvalue weighted by molar-refractivity contribution is 6.30. The van der Waals surface area contributed by atoms with Crippen molar-refractivity contribution in [2.24, 2.45) is 5.41 Å². The third kappa shape index (κ3) is 6.59. The molecule has 0 aliphatic carbocycles. The quantitative estimate of drug-likeness (QED) is 0.452. The molecule has 2 aromatic rings. The molecule has 0 spiro atoms. The molecule has 4 rings (SSSR count). The van der Waals surface area contributed by atoms with Crippen LogP contribution in [0.25, 0.3) is 0 Å². The van der Waals surface area contributed by atoms with Gasteiger partial charge in [-0.1, -0.05) is 61.3 Å². The minimum Gasteiger partial charge on any atom is -0.481 e. The second kappa shape index (κ2) is 12.3. The molecule has 2 fully saturated rings. The van der Waals surface area contributed by atoms with Crippen LogP contribution in [-0.2, 0) is 14.4 Å². The summed E-state index contributed by atoms with van der Waals surface area (Å²) in [5, 5.41) is 11.0. The lowest BCUT2D eigenvalue weighted by Crippen LogP contribution is -2.59. The smallest absolute Gasteiger partial charge is 0.304 e. The van der Waals surface area contributed by atoms with E-state index in [0.717, 1.165) is 24.2 Å². The molecule has 2 aromatic carbocycles. The summed E-state index contributed by atoms with van der Waals surface area (Å²) >= 11 is 12.7. The summed E-state index contributed by atoms with van der Waals surface area (Å²) in [6.45, 7) is 8.85. The van der Waals surface area contributed by atoms with E-state index in [9.17, 15) is 19.5 Å². The van der Waals surface area contributed by atoms with Crippen molar-refractivity contribution in [3.63, 3.8) is 0 Å². The van der Waals surface area contributed by atoms with Crippen molar-refractivity contribution in [2.75, 3.05) is 32.7 Å². The topological polar surface area (TPSA) is 81.2 Å². The average molecular weight is 575 g/mol. The van der Waals surface area contributed by atoms with Crippen molar-refractivity contribution in [2.45, 2.75) is 58.0 Å². The number of benzene rings is 2. The number of hydrogen-bond acceptors (Lipinski definition) is 4. The first-order chi connectivity index (χ1) is 18.5. The van der Waals surface area contributed by atoms with Crippen LogP contribution in [0.2, 0.25) is 10.0 Å². The molecule has 0 bridgehead atoms. The lowest BCUT2D eigenvalue weighted by Gasteiger charge is -2.52. The van der Waals surface area contributed by atoms with E-state index in [1.807, 2.05) is 58.3 Å². The van der Waals surface area contributed by atoms with Gasteiger partial charge in [-0.2, -0.15) is 0 Å². The second-order valence-corrected chi connectivity index (χ2v) is 11.9. The molecule has 39 heavy (non-hydrogen) atoms. The number of carboxylic acid groups (broad SMARTS) is 1. The number of carbonyl (C=O) groups excluding carboxylic acids is 2. The largest absolute Gasteiger partial charge is 0.481 e. The van der Waals surface area contributed by atoms with Crippen LogP contribution >= 0.6 is 23.2 Å². The molecular weight excluding hydrogens is 537 g/mol. The summed E-state index contributed by atoms with van der Waals surface area (Å²) in [6, 6.07) is 14.8. The molecule has 0 unspecified atom stereocenters. The maximum atomic E-state index is 14.4. The summed E-state index contributed by atoms with van der Waals surface area (Å²) in [6.07, 6.45) is 0.838. The number of piperazine rings is 1. The molecule has 7 nitrogen and oxygen atoms in total. The van der Waals surface area contributed by atoms with E-state index in [0.29, 0.717) is 42.5 Å². The Kier molecular flexibility index (Phi) is 9.25. The van der Waals surface area contributed by atoms with Crippen molar-refractivity contribution >= 4 is 41.0 Å². The van der Waals surface area contributed by atoms with Gasteiger partial charge in [0.15, 0.2) is 0 Å². The lowest BCUT2D eigenvalue weighted by molar-refractivity contribution is -0.161. The summed E-state index contributed by atoms with van der Waals surface area (Å²) in [5.41, 5.74) is 0.846. The number of carboxylic acids is 1. The van der Waals surface area contributed by atoms with Crippen LogP contribution in [0.1, 0.15) is 63.1 Å². The number of piperidine rings is 1. The van der Waals surface area contributed by atoms with Crippen LogP contribution in [0.15, 0.2) is 48.5 Å². The van der Waals surface area contributed by atoms with Crippen LogP contribution in [0.5, 0.6) is 0 Å². The van der Waals surface area contributed by atoms with Crippen LogP contribution < -0.4 is 0 Å². The normalized spacial score (nSPS) is 25.0. The monoisotopic (exact) mass is 573 g/mol. The zero-order chi connectivity index (χ0) is 28.3. The highest BCUT2D eigenvalue weighted by Crippen LogP contribution is 2.52. The summed E-state index contributed by atoms with van der Waals surface area (Å²) in [5.74, 6) is -1.23. The maximum absolute atomic E-state index is 14.4. The van der Waals surface area contributed by atoms with Gasteiger partial charge >= 0.3 is 5.97 Å². The minimum absolute atomic E-state index is 0.0736. The van der Waals surface area contributed by atoms with Crippen LogP contribution in [-0.4, -0.2) is 76.4 Å². The van der Waals surface area contributed by atoms with Gasteiger partial charge in [-0.25, -0.2) is 0 Å². The fraction of sp³-hybridized carbons (Fsp3) is 0.500. The Bertz CT molecular complexity index is 1200. The number of rotatable bonds is 8. The number of carbonyl (C=O) groups is 3. The van der Waals surface area contributed by atoms with Gasteiger partial charge in [-0.05, 0) is 48.2 Å². The third-order valence-electron chi connectivity index (χ3n) is 8.28. The molecule has 0 radical (unpaired) electrons. The van der Waals surface area contributed by atoms with Gasteiger partial charge in [0.2, 0.25) is 11.8 Å². The Morgan fingerprint density at radius 2 is 1.69 bits per heavy atom. The Labute approximate surface area is 240 Å². The Balaban J connectivity index is 1.78. The van der Waals surface area contributed by atoms with E-state index < -0.39 is 11.4 Å². The molecule has 2 amide bonds. The number of likely N-dealkylation sites (tertiary alicyclic amines) is 1.